The third kappa shape index (κ3) is 4.02. The molecular weight excluding hydrogens is 340 g/mol. The first-order valence-electron chi connectivity index (χ1n) is 9.20. The standard InChI is InChI=1S/C21H24N4O2/c1-15-12-16(5-6-19(15)27-17-4-3-8-22-14-17)13-24-18-7-11-26-20(18)21-23-9-10-25(21)2/h3-6,8-10,12,14,18,20,24H,7,11,13H2,1-2H3/t18-,20-/m0/s1. The number of ether oxygens (including phenoxy) is 2. The Morgan fingerprint density at radius 1 is 1.30 bits per heavy atom. The zero-order chi connectivity index (χ0) is 18.6. The van der Waals surface area contributed by atoms with Gasteiger partial charge < -0.3 is 19.4 Å². The van der Waals surface area contributed by atoms with E-state index in [1.807, 2.05) is 42.2 Å². The Morgan fingerprint density at radius 3 is 2.96 bits per heavy atom. The molecule has 3 heterocycles. The predicted octanol–water partition coefficient (Wildman–Crippen LogP) is 3.54. The van der Waals surface area contributed by atoms with E-state index in [0.29, 0.717) is 0 Å². The second-order valence-corrected chi connectivity index (χ2v) is 6.85. The molecule has 0 unspecified atom stereocenters. The Labute approximate surface area is 159 Å². The van der Waals surface area contributed by atoms with Gasteiger partial charge in [-0.2, -0.15) is 0 Å². The van der Waals surface area contributed by atoms with E-state index in [9.17, 15) is 0 Å². The minimum atomic E-state index is -0.000663. The number of rotatable bonds is 6. The second-order valence-electron chi connectivity index (χ2n) is 6.85. The Kier molecular flexibility index (Phi) is 5.18. The van der Waals surface area contributed by atoms with Gasteiger partial charge in [0.05, 0.1) is 6.20 Å². The summed E-state index contributed by atoms with van der Waals surface area (Å²) in [5.74, 6) is 2.57. The van der Waals surface area contributed by atoms with Gasteiger partial charge in [-0.25, -0.2) is 4.98 Å². The molecule has 0 radical (unpaired) electrons. The molecule has 1 aliphatic rings. The van der Waals surface area contributed by atoms with Gasteiger partial charge in [0.1, 0.15) is 23.4 Å². The molecule has 140 valence electrons. The molecule has 4 rings (SSSR count). The van der Waals surface area contributed by atoms with Crippen LogP contribution in [0.25, 0.3) is 0 Å². The van der Waals surface area contributed by atoms with E-state index in [2.05, 4.69) is 34.3 Å². The number of pyridine rings is 1. The Hall–Kier alpha value is -2.70. The number of nitrogens with zero attached hydrogens (tertiary/aromatic N) is 3. The van der Waals surface area contributed by atoms with Gasteiger partial charge in [0.15, 0.2) is 0 Å². The van der Waals surface area contributed by atoms with E-state index in [0.717, 1.165) is 42.5 Å². The fourth-order valence-corrected chi connectivity index (χ4v) is 3.42. The van der Waals surface area contributed by atoms with Crippen molar-refractivity contribution in [3.8, 4) is 11.5 Å². The summed E-state index contributed by atoms with van der Waals surface area (Å²) in [4.78, 5) is 8.53. The lowest BCUT2D eigenvalue weighted by molar-refractivity contribution is 0.0893. The largest absolute Gasteiger partial charge is 0.455 e. The van der Waals surface area contributed by atoms with Crippen LogP contribution in [0.5, 0.6) is 11.5 Å². The highest BCUT2D eigenvalue weighted by Gasteiger charge is 2.31. The molecule has 1 aromatic carbocycles. The molecule has 27 heavy (non-hydrogen) atoms. The fourth-order valence-electron chi connectivity index (χ4n) is 3.42. The van der Waals surface area contributed by atoms with Gasteiger partial charge in [-0.15, -0.1) is 0 Å². The van der Waals surface area contributed by atoms with E-state index >= 15 is 0 Å². The summed E-state index contributed by atoms with van der Waals surface area (Å²) in [6.07, 6.45) is 8.21. The summed E-state index contributed by atoms with van der Waals surface area (Å²) in [5, 5.41) is 3.63. The van der Waals surface area contributed by atoms with Crippen molar-refractivity contribution >= 4 is 0 Å². The van der Waals surface area contributed by atoms with Crippen molar-refractivity contribution in [2.45, 2.75) is 32.0 Å². The highest BCUT2D eigenvalue weighted by Crippen LogP contribution is 2.29. The molecule has 1 fully saturated rings. The minimum Gasteiger partial charge on any atom is -0.455 e. The maximum atomic E-state index is 5.92. The Balaban J connectivity index is 1.40. The quantitative estimate of drug-likeness (QED) is 0.725. The third-order valence-corrected chi connectivity index (χ3v) is 4.87. The molecule has 1 N–H and O–H groups in total. The normalized spacial score (nSPS) is 19.3. The van der Waals surface area contributed by atoms with Crippen LogP contribution in [0.3, 0.4) is 0 Å². The number of aromatic nitrogens is 3. The van der Waals surface area contributed by atoms with Crippen LogP contribution in [0.4, 0.5) is 0 Å². The van der Waals surface area contributed by atoms with Gasteiger partial charge >= 0.3 is 0 Å². The van der Waals surface area contributed by atoms with Gasteiger partial charge in [-0.05, 0) is 42.7 Å². The summed E-state index contributed by atoms with van der Waals surface area (Å²) in [6.45, 7) is 3.60. The Morgan fingerprint density at radius 2 is 2.22 bits per heavy atom. The lowest BCUT2D eigenvalue weighted by Gasteiger charge is -2.20. The maximum Gasteiger partial charge on any atom is 0.145 e. The van der Waals surface area contributed by atoms with Crippen molar-refractivity contribution in [3.63, 3.8) is 0 Å². The highest BCUT2D eigenvalue weighted by molar-refractivity contribution is 5.39. The third-order valence-electron chi connectivity index (χ3n) is 4.87. The molecule has 6 heteroatoms. The number of benzene rings is 1. The molecule has 2 aromatic heterocycles. The van der Waals surface area contributed by atoms with Crippen LogP contribution in [0.2, 0.25) is 0 Å². The van der Waals surface area contributed by atoms with Crippen molar-refractivity contribution < 1.29 is 9.47 Å². The van der Waals surface area contributed by atoms with E-state index in [4.69, 9.17) is 9.47 Å². The highest BCUT2D eigenvalue weighted by atomic mass is 16.5. The fraction of sp³-hybridized carbons (Fsp3) is 0.333. The summed E-state index contributed by atoms with van der Waals surface area (Å²) in [5.41, 5.74) is 2.32. The van der Waals surface area contributed by atoms with Crippen molar-refractivity contribution in [1.29, 1.82) is 0 Å². The van der Waals surface area contributed by atoms with Crippen LogP contribution in [-0.4, -0.2) is 27.2 Å². The van der Waals surface area contributed by atoms with Crippen molar-refractivity contribution in [1.82, 2.24) is 19.9 Å². The average Bonchev–Trinajstić information content (AvgIpc) is 3.31. The molecule has 1 saturated heterocycles. The lowest BCUT2D eigenvalue weighted by Crippen LogP contribution is -2.32. The summed E-state index contributed by atoms with van der Waals surface area (Å²) in [7, 11) is 2.01. The Bertz CT molecular complexity index is 894. The molecule has 0 amide bonds. The maximum absolute atomic E-state index is 5.92. The van der Waals surface area contributed by atoms with Crippen LogP contribution in [-0.2, 0) is 18.3 Å². The van der Waals surface area contributed by atoms with Crippen LogP contribution in [0.15, 0.2) is 55.1 Å². The average molecular weight is 364 g/mol. The van der Waals surface area contributed by atoms with Gasteiger partial charge in [0.25, 0.3) is 0 Å². The molecule has 2 atom stereocenters. The number of hydrogen-bond donors (Lipinski definition) is 1. The monoisotopic (exact) mass is 364 g/mol. The van der Waals surface area contributed by atoms with E-state index < -0.39 is 0 Å². The molecule has 0 aliphatic carbocycles. The summed E-state index contributed by atoms with van der Waals surface area (Å²) in [6, 6.07) is 10.3. The predicted molar refractivity (Wildman–Crippen MR) is 103 cm³/mol. The molecule has 6 nitrogen and oxygen atoms in total. The number of nitrogens with one attached hydrogen (secondary N) is 1. The van der Waals surface area contributed by atoms with Crippen LogP contribution >= 0.6 is 0 Å². The smallest absolute Gasteiger partial charge is 0.145 e. The first-order chi connectivity index (χ1) is 13.2. The van der Waals surface area contributed by atoms with Crippen LogP contribution in [0.1, 0.15) is 29.5 Å². The molecule has 0 spiro atoms. The number of aryl methyl sites for hydroxylation is 2. The van der Waals surface area contributed by atoms with Gasteiger partial charge in [-0.1, -0.05) is 12.1 Å². The van der Waals surface area contributed by atoms with Crippen molar-refractivity contribution in [2.75, 3.05) is 6.61 Å². The van der Waals surface area contributed by atoms with Gasteiger partial charge in [-0.3, -0.25) is 4.98 Å². The zero-order valence-corrected chi connectivity index (χ0v) is 15.6. The minimum absolute atomic E-state index is 0.000663. The van der Waals surface area contributed by atoms with Crippen LogP contribution in [0, 0.1) is 6.92 Å². The number of hydrogen-bond acceptors (Lipinski definition) is 5. The molecule has 0 bridgehead atoms. The molecule has 1 aliphatic heterocycles. The van der Waals surface area contributed by atoms with E-state index in [1.165, 1.54) is 5.56 Å². The molecule has 3 aromatic rings. The van der Waals surface area contributed by atoms with Crippen molar-refractivity contribution in [2.24, 2.45) is 7.05 Å². The first-order valence-corrected chi connectivity index (χ1v) is 9.20. The van der Waals surface area contributed by atoms with Gasteiger partial charge in [0, 0.05) is 44.8 Å². The number of imidazole rings is 1. The summed E-state index contributed by atoms with van der Waals surface area (Å²) < 4.78 is 13.9. The lowest BCUT2D eigenvalue weighted by atomic mass is 10.1. The van der Waals surface area contributed by atoms with Crippen LogP contribution < -0.4 is 10.1 Å². The van der Waals surface area contributed by atoms with E-state index in [-0.39, 0.29) is 12.1 Å². The SMILES string of the molecule is Cc1cc(CN[C@H]2CCO[C@@H]2c2nccn2C)ccc1Oc1cccnc1. The first kappa shape index (κ1) is 17.7. The molecular formula is C21H24N4O2. The van der Waals surface area contributed by atoms with Gasteiger partial charge in [0.2, 0.25) is 0 Å². The van der Waals surface area contributed by atoms with Crippen molar-refractivity contribution in [3.05, 3.63) is 72.1 Å². The topological polar surface area (TPSA) is 61.2 Å². The summed E-state index contributed by atoms with van der Waals surface area (Å²) >= 11 is 0. The second kappa shape index (κ2) is 7.90. The molecule has 0 saturated carbocycles. The van der Waals surface area contributed by atoms with E-state index in [1.54, 1.807) is 12.4 Å². The zero-order valence-electron chi connectivity index (χ0n) is 15.6.